The molecule has 4 saturated carbocycles. The molecule has 162 valence electrons. The molecule has 0 amide bonds. The van der Waals surface area contributed by atoms with E-state index in [1.54, 1.807) is 0 Å². The number of hydrogen-bond acceptors (Lipinski definition) is 1. The predicted octanol–water partition coefficient (Wildman–Crippen LogP) is 7.47. The molecule has 0 aromatic carbocycles. The number of aliphatic hydroxyl groups excluding tert-OH is 1. The largest absolute Gasteiger partial charge is 0.393 e. The third kappa shape index (κ3) is 3.50. The van der Waals surface area contributed by atoms with E-state index in [1.807, 2.05) is 0 Å². The molecule has 4 rings (SSSR count). The predicted molar refractivity (Wildman–Crippen MR) is 119 cm³/mol. The van der Waals surface area contributed by atoms with Crippen molar-refractivity contribution in [3.63, 3.8) is 0 Å². The van der Waals surface area contributed by atoms with Gasteiger partial charge in [0.2, 0.25) is 0 Å². The van der Waals surface area contributed by atoms with E-state index in [2.05, 4.69) is 34.6 Å². The van der Waals surface area contributed by atoms with E-state index in [9.17, 15) is 5.11 Å². The lowest BCUT2D eigenvalue weighted by molar-refractivity contribution is -0.129. The fraction of sp³-hybridized carbons (Fsp3) is 1.00. The third-order valence-corrected chi connectivity index (χ3v) is 10.8. The van der Waals surface area contributed by atoms with Gasteiger partial charge in [-0.25, -0.2) is 0 Å². The first kappa shape index (κ1) is 21.2. The lowest BCUT2D eigenvalue weighted by Gasteiger charge is -2.61. The second-order valence-corrected chi connectivity index (χ2v) is 12.6. The highest BCUT2D eigenvalue weighted by molar-refractivity contribution is 5.09. The quantitative estimate of drug-likeness (QED) is 0.518. The average Bonchev–Trinajstić information content (AvgIpc) is 2.99. The minimum absolute atomic E-state index is 0.00830. The SMILES string of the molecule is CC(C)CCC[C@H](C)[C@H]1CC[C@H]2[C@@H]3CC[C@H]4C[C@@H](O)CC[C@]4(C)[C@H]3CC[C@]12C. The van der Waals surface area contributed by atoms with Crippen LogP contribution in [-0.2, 0) is 0 Å². The van der Waals surface area contributed by atoms with Crippen molar-refractivity contribution in [3.8, 4) is 0 Å². The monoisotopic (exact) mass is 388 g/mol. The van der Waals surface area contributed by atoms with E-state index in [0.29, 0.717) is 10.8 Å². The number of hydrogen-bond donors (Lipinski definition) is 1. The molecule has 0 aliphatic heterocycles. The van der Waals surface area contributed by atoms with Gasteiger partial charge in [-0.15, -0.1) is 0 Å². The van der Waals surface area contributed by atoms with Gasteiger partial charge in [-0.2, -0.15) is 0 Å². The first-order valence-electron chi connectivity index (χ1n) is 12.9. The van der Waals surface area contributed by atoms with Crippen molar-refractivity contribution >= 4 is 0 Å². The average molecular weight is 389 g/mol. The van der Waals surface area contributed by atoms with Crippen LogP contribution in [0.25, 0.3) is 0 Å². The normalized spacial score (nSPS) is 49.4. The summed E-state index contributed by atoms with van der Waals surface area (Å²) in [6.07, 6.45) is 16.6. The summed E-state index contributed by atoms with van der Waals surface area (Å²) >= 11 is 0. The van der Waals surface area contributed by atoms with Crippen LogP contribution in [0.5, 0.6) is 0 Å². The van der Waals surface area contributed by atoms with Gasteiger partial charge in [0, 0.05) is 0 Å². The fourth-order valence-electron chi connectivity index (χ4n) is 9.26. The Balaban J connectivity index is 1.46. The molecule has 4 aliphatic rings. The lowest BCUT2D eigenvalue weighted by Crippen LogP contribution is -2.54. The maximum absolute atomic E-state index is 10.3. The van der Waals surface area contributed by atoms with E-state index in [0.717, 1.165) is 54.3 Å². The van der Waals surface area contributed by atoms with Crippen LogP contribution in [0.4, 0.5) is 0 Å². The van der Waals surface area contributed by atoms with Gasteiger partial charge in [0.25, 0.3) is 0 Å². The Labute approximate surface area is 175 Å². The summed E-state index contributed by atoms with van der Waals surface area (Å²) < 4.78 is 0. The van der Waals surface area contributed by atoms with Crippen LogP contribution in [0, 0.1) is 52.3 Å². The van der Waals surface area contributed by atoms with Crippen LogP contribution in [0.2, 0.25) is 0 Å². The molecule has 0 radical (unpaired) electrons. The Hall–Kier alpha value is -0.0400. The zero-order valence-corrected chi connectivity index (χ0v) is 19.6. The van der Waals surface area contributed by atoms with Crippen LogP contribution in [0.1, 0.15) is 112 Å². The molecular formula is C27H48O. The Kier molecular flexibility index (Phi) is 5.98. The molecule has 1 N–H and O–H groups in total. The van der Waals surface area contributed by atoms with Crippen LogP contribution in [0.3, 0.4) is 0 Å². The van der Waals surface area contributed by atoms with Gasteiger partial charge >= 0.3 is 0 Å². The van der Waals surface area contributed by atoms with Crippen LogP contribution < -0.4 is 0 Å². The summed E-state index contributed by atoms with van der Waals surface area (Å²) in [5, 5.41) is 10.3. The Morgan fingerprint density at radius 1 is 0.821 bits per heavy atom. The van der Waals surface area contributed by atoms with Gasteiger partial charge in [-0.3, -0.25) is 0 Å². The number of aliphatic hydroxyl groups is 1. The standard InChI is InChI=1S/C27H48O/c1-18(2)7-6-8-19(3)23-11-12-24-22-10-9-20-17-21(28)13-15-26(20,4)25(22)14-16-27(23,24)5/h18-25,28H,6-17H2,1-5H3/t19-,20-,21-,22-,23+,24-,25-,26-,27+/m0/s1. The maximum Gasteiger partial charge on any atom is 0.0543 e. The summed E-state index contributed by atoms with van der Waals surface area (Å²) in [5.41, 5.74) is 1.15. The summed E-state index contributed by atoms with van der Waals surface area (Å²) in [6.45, 7) is 12.7. The molecule has 9 atom stereocenters. The van der Waals surface area contributed by atoms with Gasteiger partial charge in [0.05, 0.1) is 6.10 Å². The third-order valence-electron chi connectivity index (χ3n) is 10.8. The van der Waals surface area contributed by atoms with Crippen molar-refractivity contribution in [1.29, 1.82) is 0 Å². The van der Waals surface area contributed by atoms with Gasteiger partial charge in [0.15, 0.2) is 0 Å². The molecular weight excluding hydrogens is 340 g/mol. The topological polar surface area (TPSA) is 20.2 Å². The number of rotatable bonds is 5. The van der Waals surface area contributed by atoms with Crippen LogP contribution >= 0.6 is 0 Å². The van der Waals surface area contributed by atoms with Gasteiger partial charge in [-0.1, -0.05) is 53.9 Å². The molecule has 0 aromatic heterocycles. The van der Waals surface area contributed by atoms with Gasteiger partial charge < -0.3 is 5.11 Å². The van der Waals surface area contributed by atoms with E-state index in [4.69, 9.17) is 0 Å². The molecule has 0 aromatic rings. The molecule has 0 heterocycles. The van der Waals surface area contributed by atoms with Crippen molar-refractivity contribution in [2.24, 2.45) is 52.3 Å². The van der Waals surface area contributed by atoms with Crippen molar-refractivity contribution in [3.05, 3.63) is 0 Å². The minimum atomic E-state index is -0.00830. The van der Waals surface area contributed by atoms with Gasteiger partial charge in [0.1, 0.15) is 0 Å². The van der Waals surface area contributed by atoms with E-state index in [1.165, 1.54) is 64.2 Å². The highest BCUT2D eigenvalue weighted by atomic mass is 16.3. The Morgan fingerprint density at radius 2 is 1.54 bits per heavy atom. The second kappa shape index (κ2) is 7.90. The molecule has 28 heavy (non-hydrogen) atoms. The molecule has 4 aliphatic carbocycles. The summed E-state index contributed by atoms with van der Waals surface area (Å²) in [5.74, 6) is 6.49. The molecule has 0 spiro atoms. The lowest BCUT2D eigenvalue weighted by atomic mass is 9.44. The van der Waals surface area contributed by atoms with Crippen LogP contribution in [0.15, 0.2) is 0 Å². The zero-order valence-electron chi connectivity index (χ0n) is 19.6. The van der Waals surface area contributed by atoms with Crippen LogP contribution in [-0.4, -0.2) is 11.2 Å². The Bertz CT molecular complexity index is 540. The molecule has 1 nitrogen and oxygen atoms in total. The molecule has 0 bridgehead atoms. The minimum Gasteiger partial charge on any atom is -0.393 e. The van der Waals surface area contributed by atoms with Crippen molar-refractivity contribution in [2.75, 3.05) is 0 Å². The van der Waals surface area contributed by atoms with Gasteiger partial charge in [-0.05, 0) is 110 Å². The maximum atomic E-state index is 10.3. The van der Waals surface area contributed by atoms with E-state index >= 15 is 0 Å². The van der Waals surface area contributed by atoms with E-state index < -0.39 is 0 Å². The molecule has 0 unspecified atom stereocenters. The van der Waals surface area contributed by atoms with Crippen molar-refractivity contribution in [1.82, 2.24) is 0 Å². The zero-order chi connectivity index (χ0) is 20.1. The van der Waals surface area contributed by atoms with E-state index in [-0.39, 0.29) is 6.10 Å². The molecule has 0 saturated heterocycles. The summed E-state index contributed by atoms with van der Waals surface area (Å²) in [6, 6.07) is 0. The summed E-state index contributed by atoms with van der Waals surface area (Å²) in [7, 11) is 0. The number of fused-ring (bicyclic) bond motifs is 5. The van der Waals surface area contributed by atoms with Crippen molar-refractivity contribution in [2.45, 2.75) is 118 Å². The fourth-order valence-corrected chi connectivity index (χ4v) is 9.26. The Morgan fingerprint density at radius 3 is 2.29 bits per heavy atom. The smallest absolute Gasteiger partial charge is 0.0543 e. The molecule has 1 heteroatoms. The first-order chi connectivity index (χ1) is 13.3. The first-order valence-corrected chi connectivity index (χ1v) is 12.9. The second-order valence-electron chi connectivity index (χ2n) is 12.6. The molecule has 4 fully saturated rings. The summed E-state index contributed by atoms with van der Waals surface area (Å²) in [4.78, 5) is 0. The highest BCUT2D eigenvalue weighted by Crippen LogP contribution is 2.68. The highest BCUT2D eigenvalue weighted by Gasteiger charge is 2.60. The van der Waals surface area contributed by atoms with Crippen molar-refractivity contribution < 1.29 is 5.11 Å².